The van der Waals surface area contributed by atoms with Gasteiger partial charge >= 0.3 is 0 Å². The van der Waals surface area contributed by atoms with E-state index < -0.39 is 0 Å². The molecule has 0 amide bonds. The number of aryl methyl sites for hydroxylation is 2. The second-order valence-corrected chi connectivity index (χ2v) is 20.3. The summed E-state index contributed by atoms with van der Waals surface area (Å²) in [5.74, 6) is 0. The first-order chi connectivity index (χ1) is 34.2. The molecule has 0 bridgehead atoms. The van der Waals surface area contributed by atoms with E-state index in [4.69, 9.17) is 0 Å². The monoisotopic (exact) mass is 896 g/mol. The summed E-state index contributed by atoms with van der Waals surface area (Å²) in [7, 11) is 0. The molecular formula is C68H52N2. The molecule has 334 valence electrons. The number of rotatable bonds is 6. The summed E-state index contributed by atoms with van der Waals surface area (Å²) < 4.78 is 4.80. The largest absolute Gasteiger partial charge is 0.309 e. The van der Waals surface area contributed by atoms with Crippen LogP contribution in [0.4, 0.5) is 0 Å². The third-order valence-electron chi connectivity index (χ3n) is 14.8. The van der Waals surface area contributed by atoms with Crippen molar-refractivity contribution in [1.82, 2.24) is 9.13 Å². The summed E-state index contributed by atoms with van der Waals surface area (Å²) in [5.41, 5.74) is 20.9. The maximum absolute atomic E-state index is 2.46. The maximum atomic E-state index is 2.46. The zero-order chi connectivity index (χ0) is 47.3. The predicted molar refractivity (Wildman–Crippen MR) is 300 cm³/mol. The molecule has 0 aliphatic rings. The van der Waals surface area contributed by atoms with E-state index in [1.807, 2.05) is 0 Å². The summed E-state index contributed by atoms with van der Waals surface area (Å²) in [5, 5.41) is 10.1. The van der Waals surface area contributed by atoms with Crippen molar-refractivity contribution in [3.05, 3.63) is 241 Å². The van der Waals surface area contributed by atoms with Crippen LogP contribution >= 0.6 is 0 Å². The molecule has 13 rings (SSSR count). The van der Waals surface area contributed by atoms with Crippen molar-refractivity contribution in [3.8, 4) is 55.9 Å². The molecule has 13 aromatic rings. The van der Waals surface area contributed by atoms with Crippen molar-refractivity contribution in [1.29, 1.82) is 0 Å². The Kier molecular flexibility index (Phi) is 9.58. The fraction of sp³-hybridized carbons (Fsp3) is 0.0882. The standard InChI is InChI=1S/C68H52N2/c1-43-14-12-16-52(38-43)69-62-22-10-8-18-54(62)59-40-49(32-36-64(59)69)45-24-28-47(29-25-45)66-56-20-6-7-21-57(56)67(61-42-51(68(3,4)5)34-35-58(61)66)48-30-26-46(27-31-48)50-33-37-65-60(41-50)55-19-9-11-23-63(55)70(65)53-17-13-15-44(2)39-53/h6-42H,1-5H3. The van der Waals surface area contributed by atoms with Gasteiger partial charge in [0.05, 0.1) is 22.1 Å². The van der Waals surface area contributed by atoms with E-state index in [1.165, 1.54) is 138 Å². The zero-order valence-electron chi connectivity index (χ0n) is 40.3. The smallest absolute Gasteiger partial charge is 0.0541 e. The van der Waals surface area contributed by atoms with Crippen LogP contribution in [0, 0.1) is 13.8 Å². The molecular weight excluding hydrogens is 845 g/mol. The van der Waals surface area contributed by atoms with Crippen LogP contribution in [-0.4, -0.2) is 9.13 Å². The minimum atomic E-state index is -0.0165. The van der Waals surface area contributed by atoms with Gasteiger partial charge in [-0.15, -0.1) is 0 Å². The Morgan fingerprint density at radius 2 is 0.657 bits per heavy atom. The lowest BCUT2D eigenvalue weighted by atomic mass is 9.81. The van der Waals surface area contributed by atoms with E-state index in [0.29, 0.717) is 0 Å². The minimum absolute atomic E-state index is 0.0165. The highest BCUT2D eigenvalue weighted by Gasteiger charge is 2.22. The number of nitrogens with zero attached hydrogens (tertiary/aromatic N) is 2. The van der Waals surface area contributed by atoms with E-state index >= 15 is 0 Å². The zero-order valence-corrected chi connectivity index (χ0v) is 40.3. The first-order valence-electron chi connectivity index (χ1n) is 24.6. The second kappa shape index (κ2) is 16.1. The van der Waals surface area contributed by atoms with Gasteiger partial charge in [-0.2, -0.15) is 0 Å². The first-order valence-corrected chi connectivity index (χ1v) is 24.6. The Morgan fingerprint density at radius 3 is 1.11 bits per heavy atom. The van der Waals surface area contributed by atoms with Gasteiger partial charge in [0.2, 0.25) is 0 Å². The molecule has 0 saturated heterocycles. The van der Waals surface area contributed by atoms with Crippen LogP contribution in [0.3, 0.4) is 0 Å². The Hall–Kier alpha value is -8.46. The van der Waals surface area contributed by atoms with E-state index in [-0.39, 0.29) is 5.41 Å². The minimum Gasteiger partial charge on any atom is -0.309 e. The second-order valence-electron chi connectivity index (χ2n) is 20.3. The molecule has 2 heterocycles. The van der Waals surface area contributed by atoms with Crippen molar-refractivity contribution in [2.45, 2.75) is 40.0 Å². The average Bonchev–Trinajstić information content (AvgIpc) is 3.90. The molecule has 0 aliphatic carbocycles. The van der Waals surface area contributed by atoms with Gasteiger partial charge < -0.3 is 9.13 Å². The normalized spacial score (nSPS) is 12.1. The molecule has 0 saturated carbocycles. The number of fused-ring (bicyclic) bond motifs is 8. The van der Waals surface area contributed by atoms with Crippen LogP contribution in [0.1, 0.15) is 37.5 Å². The maximum Gasteiger partial charge on any atom is 0.0541 e. The fourth-order valence-corrected chi connectivity index (χ4v) is 11.3. The lowest BCUT2D eigenvalue weighted by Gasteiger charge is -2.23. The molecule has 0 atom stereocenters. The van der Waals surface area contributed by atoms with Gasteiger partial charge in [-0.1, -0.05) is 178 Å². The highest BCUT2D eigenvalue weighted by atomic mass is 15.0. The SMILES string of the molecule is Cc1cccc(-n2c3ccccc3c3cc(-c4ccc(-c5c6ccccc6c(-c6ccc(-c7ccc8c(c7)c7ccccc7n8-c7cccc(C)c7)cc6)c6cc(C(C)(C)C)ccc56)cc4)ccc32)c1. The predicted octanol–water partition coefficient (Wildman–Crippen LogP) is 18.8. The average molecular weight is 897 g/mol. The van der Waals surface area contributed by atoms with E-state index in [0.717, 1.165) is 0 Å². The van der Waals surface area contributed by atoms with Crippen molar-refractivity contribution in [3.63, 3.8) is 0 Å². The summed E-state index contributed by atoms with van der Waals surface area (Å²) in [6.07, 6.45) is 0. The highest BCUT2D eigenvalue weighted by Crippen LogP contribution is 2.46. The topological polar surface area (TPSA) is 9.86 Å². The van der Waals surface area contributed by atoms with Gasteiger partial charge in [0.1, 0.15) is 0 Å². The molecule has 0 aliphatic heterocycles. The Balaban J connectivity index is 0.916. The molecule has 0 N–H and O–H groups in total. The molecule has 70 heavy (non-hydrogen) atoms. The van der Waals surface area contributed by atoms with Gasteiger partial charge in [-0.05, 0) is 169 Å². The van der Waals surface area contributed by atoms with Gasteiger partial charge in [0.15, 0.2) is 0 Å². The summed E-state index contributed by atoms with van der Waals surface area (Å²) in [4.78, 5) is 0. The molecule has 0 spiro atoms. The van der Waals surface area contributed by atoms with Crippen molar-refractivity contribution < 1.29 is 0 Å². The van der Waals surface area contributed by atoms with Crippen LogP contribution in [0.5, 0.6) is 0 Å². The third kappa shape index (κ3) is 6.78. The van der Waals surface area contributed by atoms with Gasteiger partial charge in [0, 0.05) is 32.9 Å². The Bertz CT molecular complexity index is 4210. The number of hydrogen-bond acceptors (Lipinski definition) is 0. The molecule has 11 aromatic carbocycles. The highest BCUT2D eigenvalue weighted by molar-refractivity contribution is 6.22. The fourth-order valence-electron chi connectivity index (χ4n) is 11.3. The summed E-state index contributed by atoms with van der Waals surface area (Å²) >= 11 is 0. The number of aromatic nitrogens is 2. The Labute approximate surface area is 409 Å². The number of para-hydroxylation sites is 2. The lowest BCUT2D eigenvalue weighted by Crippen LogP contribution is -2.10. The van der Waals surface area contributed by atoms with E-state index in [9.17, 15) is 0 Å². The third-order valence-corrected chi connectivity index (χ3v) is 14.8. The Morgan fingerprint density at radius 1 is 0.271 bits per heavy atom. The van der Waals surface area contributed by atoms with Crippen molar-refractivity contribution in [2.24, 2.45) is 0 Å². The summed E-state index contributed by atoms with van der Waals surface area (Å²) in [6.45, 7) is 11.3. The van der Waals surface area contributed by atoms with Crippen LogP contribution in [0.25, 0.3) is 121 Å². The first kappa shape index (κ1) is 41.7. The van der Waals surface area contributed by atoms with E-state index in [2.05, 4.69) is 268 Å². The number of hydrogen-bond donors (Lipinski definition) is 0. The van der Waals surface area contributed by atoms with Crippen LogP contribution in [0.2, 0.25) is 0 Å². The van der Waals surface area contributed by atoms with E-state index in [1.54, 1.807) is 0 Å². The lowest BCUT2D eigenvalue weighted by molar-refractivity contribution is 0.591. The molecule has 2 nitrogen and oxygen atoms in total. The molecule has 0 radical (unpaired) electrons. The van der Waals surface area contributed by atoms with Crippen LogP contribution in [0.15, 0.2) is 224 Å². The van der Waals surface area contributed by atoms with Gasteiger partial charge in [-0.25, -0.2) is 0 Å². The van der Waals surface area contributed by atoms with Crippen LogP contribution < -0.4 is 0 Å². The molecule has 2 aromatic heterocycles. The molecule has 0 fully saturated rings. The van der Waals surface area contributed by atoms with Gasteiger partial charge in [0.25, 0.3) is 0 Å². The van der Waals surface area contributed by atoms with Crippen LogP contribution in [-0.2, 0) is 5.41 Å². The quantitative estimate of drug-likeness (QED) is 0.147. The van der Waals surface area contributed by atoms with Crippen molar-refractivity contribution >= 4 is 65.2 Å². The molecule has 2 heteroatoms. The summed E-state index contributed by atoms with van der Waals surface area (Å²) in [6, 6.07) is 83.9. The molecule has 0 unspecified atom stereocenters. The van der Waals surface area contributed by atoms with Gasteiger partial charge in [-0.3, -0.25) is 0 Å². The van der Waals surface area contributed by atoms with Crippen molar-refractivity contribution in [2.75, 3.05) is 0 Å². The number of benzene rings is 11.